The Morgan fingerprint density at radius 3 is 2.50 bits per heavy atom. The van der Waals surface area contributed by atoms with Crippen molar-refractivity contribution < 1.29 is 9.59 Å². The standard InChI is InChI=1S/C31H37N7O2/c1-22-8-6-9-24(20-22)10-7-15-37-16-18-38(19-17-37)31(40)27-21-26-29(33-14-13-32-23(2)39)35-28(36-30(26)34-27)25-11-4-3-5-12-25/h3-6,8-9,11-12,20-21H,7,10,13-19H2,1-2H3,(H,32,39)(H2,33,34,35,36). The molecule has 2 aromatic carbocycles. The number of carbonyl (C=O) groups excluding carboxylic acids is 2. The first-order valence-corrected chi connectivity index (χ1v) is 14.0. The monoisotopic (exact) mass is 539 g/mol. The Bertz CT molecular complexity index is 1460. The SMILES string of the molecule is CC(=O)NCCNc1nc(-c2ccccc2)nc2[nH]c(C(=O)N3CCN(CCCc4cccc(C)c4)CC3)cc12. The predicted molar refractivity (Wildman–Crippen MR) is 158 cm³/mol. The number of carbonyl (C=O) groups is 2. The number of piperazine rings is 1. The van der Waals surface area contributed by atoms with E-state index in [1.807, 2.05) is 41.3 Å². The maximum Gasteiger partial charge on any atom is 0.270 e. The van der Waals surface area contributed by atoms with Crippen molar-refractivity contribution in [1.82, 2.24) is 30.1 Å². The summed E-state index contributed by atoms with van der Waals surface area (Å²) in [5.74, 6) is 1.08. The van der Waals surface area contributed by atoms with E-state index in [1.165, 1.54) is 18.1 Å². The molecule has 3 heterocycles. The molecule has 0 radical (unpaired) electrons. The number of anilines is 1. The van der Waals surface area contributed by atoms with Crippen molar-refractivity contribution in [2.24, 2.45) is 0 Å². The molecule has 208 valence electrons. The van der Waals surface area contributed by atoms with Crippen molar-refractivity contribution in [2.75, 3.05) is 51.1 Å². The highest BCUT2D eigenvalue weighted by Crippen LogP contribution is 2.26. The molecule has 0 spiro atoms. The summed E-state index contributed by atoms with van der Waals surface area (Å²) in [5, 5.41) is 6.84. The van der Waals surface area contributed by atoms with Crippen molar-refractivity contribution in [3.8, 4) is 11.4 Å². The lowest BCUT2D eigenvalue weighted by atomic mass is 10.1. The van der Waals surface area contributed by atoms with Crippen LogP contribution in [0.3, 0.4) is 0 Å². The Labute approximate surface area is 235 Å². The summed E-state index contributed by atoms with van der Waals surface area (Å²) in [7, 11) is 0. The molecule has 2 amide bonds. The lowest BCUT2D eigenvalue weighted by molar-refractivity contribution is -0.118. The number of hydrogen-bond acceptors (Lipinski definition) is 6. The first-order chi connectivity index (χ1) is 19.5. The summed E-state index contributed by atoms with van der Waals surface area (Å²) in [5.41, 5.74) is 4.68. The molecule has 0 aliphatic carbocycles. The molecule has 5 rings (SSSR count). The average molecular weight is 540 g/mol. The van der Waals surface area contributed by atoms with E-state index in [4.69, 9.17) is 9.97 Å². The van der Waals surface area contributed by atoms with Gasteiger partial charge in [-0.2, -0.15) is 0 Å². The lowest BCUT2D eigenvalue weighted by Crippen LogP contribution is -2.49. The van der Waals surface area contributed by atoms with Crippen LogP contribution in [-0.4, -0.2) is 82.4 Å². The third-order valence-electron chi connectivity index (χ3n) is 7.22. The van der Waals surface area contributed by atoms with E-state index in [9.17, 15) is 9.59 Å². The minimum Gasteiger partial charge on any atom is -0.368 e. The van der Waals surface area contributed by atoms with Crippen molar-refractivity contribution in [3.05, 3.63) is 77.5 Å². The molecule has 0 atom stereocenters. The molecule has 1 aliphatic heterocycles. The van der Waals surface area contributed by atoms with Gasteiger partial charge in [0.05, 0.1) is 5.39 Å². The highest BCUT2D eigenvalue weighted by atomic mass is 16.2. The molecule has 9 heteroatoms. The molecule has 1 saturated heterocycles. The number of fused-ring (bicyclic) bond motifs is 1. The summed E-state index contributed by atoms with van der Waals surface area (Å²) >= 11 is 0. The zero-order valence-electron chi connectivity index (χ0n) is 23.2. The summed E-state index contributed by atoms with van der Waals surface area (Å²) in [6.45, 7) is 8.75. The van der Waals surface area contributed by atoms with Crippen molar-refractivity contribution in [1.29, 1.82) is 0 Å². The second kappa shape index (κ2) is 12.7. The van der Waals surface area contributed by atoms with Gasteiger partial charge < -0.3 is 20.5 Å². The Morgan fingerprint density at radius 2 is 1.75 bits per heavy atom. The Kier molecular flexibility index (Phi) is 8.71. The molecule has 4 aromatic rings. The minimum absolute atomic E-state index is 0.0251. The van der Waals surface area contributed by atoms with Crippen LogP contribution in [0.5, 0.6) is 0 Å². The minimum atomic E-state index is -0.0829. The fraction of sp³-hybridized carbons (Fsp3) is 0.355. The molecule has 2 aromatic heterocycles. The fourth-order valence-electron chi connectivity index (χ4n) is 5.11. The van der Waals surface area contributed by atoms with Crippen molar-refractivity contribution in [3.63, 3.8) is 0 Å². The second-order valence-electron chi connectivity index (χ2n) is 10.3. The average Bonchev–Trinajstić information content (AvgIpc) is 3.40. The van der Waals surface area contributed by atoms with Gasteiger partial charge in [0.15, 0.2) is 5.82 Å². The van der Waals surface area contributed by atoms with Crippen LogP contribution >= 0.6 is 0 Å². The van der Waals surface area contributed by atoms with Gasteiger partial charge in [-0.1, -0.05) is 60.2 Å². The summed E-state index contributed by atoms with van der Waals surface area (Å²) in [6, 6.07) is 20.3. The zero-order chi connectivity index (χ0) is 27.9. The van der Waals surface area contributed by atoms with Crippen LogP contribution in [0.2, 0.25) is 0 Å². The molecule has 3 N–H and O–H groups in total. The van der Waals surface area contributed by atoms with E-state index in [2.05, 4.69) is 51.7 Å². The third kappa shape index (κ3) is 6.84. The smallest absolute Gasteiger partial charge is 0.270 e. The highest BCUT2D eigenvalue weighted by molar-refractivity contribution is 6.00. The maximum atomic E-state index is 13.5. The normalized spacial score (nSPS) is 13.9. The highest BCUT2D eigenvalue weighted by Gasteiger charge is 2.24. The van der Waals surface area contributed by atoms with Crippen LogP contribution in [0.15, 0.2) is 60.7 Å². The molecular weight excluding hydrogens is 502 g/mol. The predicted octanol–water partition coefficient (Wildman–Crippen LogP) is 3.87. The third-order valence-corrected chi connectivity index (χ3v) is 7.22. The van der Waals surface area contributed by atoms with Crippen LogP contribution in [0.4, 0.5) is 5.82 Å². The van der Waals surface area contributed by atoms with Gasteiger partial charge in [-0.25, -0.2) is 9.97 Å². The van der Waals surface area contributed by atoms with Crippen LogP contribution in [0.1, 0.15) is 35.0 Å². The summed E-state index contributed by atoms with van der Waals surface area (Å²) < 4.78 is 0. The van der Waals surface area contributed by atoms with E-state index in [1.54, 1.807) is 0 Å². The first-order valence-electron chi connectivity index (χ1n) is 14.0. The largest absolute Gasteiger partial charge is 0.368 e. The van der Waals surface area contributed by atoms with E-state index < -0.39 is 0 Å². The number of aromatic amines is 1. The second-order valence-corrected chi connectivity index (χ2v) is 10.3. The van der Waals surface area contributed by atoms with Gasteiger partial charge in [0.2, 0.25) is 5.91 Å². The fourth-order valence-corrected chi connectivity index (χ4v) is 5.11. The molecular formula is C31H37N7O2. The topological polar surface area (TPSA) is 106 Å². The summed E-state index contributed by atoms with van der Waals surface area (Å²) in [6.07, 6.45) is 2.18. The molecule has 40 heavy (non-hydrogen) atoms. The maximum absolute atomic E-state index is 13.5. The number of rotatable bonds is 10. The number of hydrogen-bond donors (Lipinski definition) is 3. The number of nitrogens with one attached hydrogen (secondary N) is 3. The van der Waals surface area contributed by atoms with E-state index in [0.29, 0.717) is 49.2 Å². The number of H-pyrrole nitrogens is 1. The molecule has 1 aliphatic rings. The van der Waals surface area contributed by atoms with Crippen molar-refractivity contribution >= 4 is 28.7 Å². The van der Waals surface area contributed by atoms with E-state index in [0.717, 1.165) is 43.4 Å². The number of aromatic nitrogens is 3. The number of amides is 2. The van der Waals surface area contributed by atoms with Crippen LogP contribution in [0, 0.1) is 6.92 Å². The lowest BCUT2D eigenvalue weighted by Gasteiger charge is -2.34. The van der Waals surface area contributed by atoms with Gasteiger partial charge >= 0.3 is 0 Å². The first kappa shape index (κ1) is 27.3. The zero-order valence-corrected chi connectivity index (χ0v) is 23.2. The molecule has 0 saturated carbocycles. The van der Waals surface area contributed by atoms with Crippen LogP contribution < -0.4 is 10.6 Å². The number of benzene rings is 2. The van der Waals surface area contributed by atoms with Gasteiger partial charge in [0.1, 0.15) is 17.2 Å². The molecule has 0 unspecified atom stereocenters. The quantitative estimate of drug-likeness (QED) is 0.264. The molecule has 0 bridgehead atoms. The van der Waals surface area contributed by atoms with Crippen LogP contribution in [0.25, 0.3) is 22.4 Å². The molecule has 9 nitrogen and oxygen atoms in total. The van der Waals surface area contributed by atoms with Crippen LogP contribution in [-0.2, 0) is 11.2 Å². The number of aryl methyl sites for hydroxylation is 2. The van der Waals surface area contributed by atoms with Gasteiger partial charge in [0, 0.05) is 51.8 Å². The van der Waals surface area contributed by atoms with Crippen molar-refractivity contribution in [2.45, 2.75) is 26.7 Å². The van der Waals surface area contributed by atoms with Gasteiger partial charge in [0.25, 0.3) is 5.91 Å². The van der Waals surface area contributed by atoms with E-state index in [-0.39, 0.29) is 11.8 Å². The molecule has 1 fully saturated rings. The van der Waals surface area contributed by atoms with E-state index >= 15 is 0 Å². The Balaban J connectivity index is 1.24. The van der Waals surface area contributed by atoms with Gasteiger partial charge in [-0.05, 0) is 37.9 Å². The van der Waals surface area contributed by atoms with Gasteiger partial charge in [-0.3, -0.25) is 14.5 Å². The summed E-state index contributed by atoms with van der Waals surface area (Å²) in [4.78, 5) is 41.8. The Hall–Kier alpha value is -4.24. The Morgan fingerprint density at radius 1 is 0.950 bits per heavy atom. The number of nitrogens with zero attached hydrogens (tertiary/aromatic N) is 4. The van der Waals surface area contributed by atoms with Gasteiger partial charge in [-0.15, -0.1) is 0 Å².